The molecule has 20 heavy (non-hydrogen) atoms. The van der Waals surface area contributed by atoms with Crippen LogP contribution in [0.15, 0.2) is 34.9 Å². The van der Waals surface area contributed by atoms with Gasteiger partial charge in [-0.3, -0.25) is 4.98 Å². The predicted octanol–water partition coefficient (Wildman–Crippen LogP) is 5.35. The van der Waals surface area contributed by atoms with Crippen molar-refractivity contribution < 1.29 is 4.74 Å². The molecule has 1 aromatic carbocycles. The highest BCUT2D eigenvalue weighted by atomic mass is 79.9. The second-order valence-corrected chi connectivity index (χ2v) is 5.90. The molecule has 0 amide bonds. The lowest BCUT2D eigenvalue weighted by molar-refractivity contribution is 0.479. The number of hydrogen-bond donors (Lipinski definition) is 1. The Hall–Kier alpha value is -0.810. The Labute approximate surface area is 136 Å². The molecule has 0 aliphatic rings. The molecule has 2 aromatic rings. The van der Waals surface area contributed by atoms with E-state index in [4.69, 9.17) is 33.7 Å². The molecule has 2 rings (SSSR count). The van der Waals surface area contributed by atoms with Gasteiger partial charge in [-0.05, 0) is 40.5 Å². The molecule has 0 saturated heterocycles. The van der Waals surface area contributed by atoms with Crippen molar-refractivity contribution in [3.63, 3.8) is 0 Å². The Morgan fingerprint density at radius 2 is 2.05 bits per heavy atom. The smallest absolute Gasteiger partial charge is 0.147 e. The maximum Gasteiger partial charge on any atom is 0.147 e. The normalized spacial score (nSPS) is 12.2. The number of nitrogens with zero attached hydrogens (tertiary/aromatic N) is 1. The molecule has 1 atom stereocenters. The summed E-state index contributed by atoms with van der Waals surface area (Å²) in [7, 11) is 0. The molecule has 2 N–H and O–H groups in total. The number of halogens is 3. The van der Waals surface area contributed by atoms with E-state index < -0.39 is 0 Å². The summed E-state index contributed by atoms with van der Waals surface area (Å²) in [6.07, 6.45) is 2.46. The summed E-state index contributed by atoms with van der Waals surface area (Å²) in [6.45, 7) is 2.01. The summed E-state index contributed by atoms with van der Waals surface area (Å²) in [5.74, 6) is 1.06. The lowest BCUT2D eigenvalue weighted by Gasteiger charge is -2.11. The molecule has 0 fully saturated rings. The molecule has 0 bridgehead atoms. The van der Waals surface area contributed by atoms with Crippen molar-refractivity contribution in [3.8, 4) is 11.5 Å². The summed E-state index contributed by atoms with van der Waals surface area (Å²) < 4.78 is 6.39. The van der Waals surface area contributed by atoms with Crippen LogP contribution in [0.4, 0.5) is 0 Å². The molecule has 106 valence electrons. The molecule has 1 aromatic heterocycles. The van der Waals surface area contributed by atoms with Crippen molar-refractivity contribution in [2.75, 3.05) is 0 Å². The summed E-state index contributed by atoms with van der Waals surface area (Å²) >= 11 is 15.4. The van der Waals surface area contributed by atoms with Gasteiger partial charge in [-0.15, -0.1) is 0 Å². The lowest BCUT2D eigenvalue weighted by Crippen LogP contribution is -2.10. The van der Waals surface area contributed by atoms with Crippen molar-refractivity contribution >= 4 is 39.1 Å². The van der Waals surface area contributed by atoms with E-state index in [0.29, 0.717) is 21.5 Å². The first-order chi connectivity index (χ1) is 9.51. The van der Waals surface area contributed by atoms with Crippen LogP contribution in [0.3, 0.4) is 0 Å². The minimum absolute atomic E-state index is 0.0604. The van der Waals surface area contributed by atoms with Gasteiger partial charge in [-0.2, -0.15) is 0 Å². The van der Waals surface area contributed by atoms with Crippen LogP contribution in [-0.4, -0.2) is 4.98 Å². The summed E-state index contributed by atoms with van der Waals surface area (Å²) in [6, 6.07) is 6.94. The van der Waals surface area contributed by atoms with Crippen LogP contribution in [0.25, 0.3) is 0 Å². The Morgan fingerprint density at radius 1 is 1.30 bits per heavy atom. The second-order valence-electron chi connectivity index (χ2n) is 4.23. The molecular weight excluding hydrogens is 363 g/mol. The highest BCUT2D eigenvalue weighted by Crippen LogP contribution is 2.36. The van der Waals surface area contributed by atoms with Gasteiger partial charge in [0.25, 0.3) is 0 Å². The standard InChI is InChI=1S/C14H13BrCl2N2O/c1-2-12(18)13-4-3-8(7-19-13)20-14-6-10(16)9(15)5-11(14)17/h3-7,12H,2,18H2,1H3. The summed E-state index contributed by atoms with van der Waals surface area (Å²) in [5, 5.41) is 0.998. The van der Waals surface area contributed by atoms with Crippen LogP contribution in [-0.2, 0) is 0 Å². The first-order valence-electron chi connectivity index (χ1n) is 6.05. The molecule has 0 aliphatic carbocycles. The van der Waals surface area contributed by atoms with Crippen LogP contribution < -0.4 is 10.5 Å². The predicted molar refractivity (Wildman–Crippen MR) is 85.7 cm³/mol. The molecule has 0 spiro atoms. The second kappa shape index (κ2) is 6.76. The number of nitrogens with two attached hydrogens (primary N) is 1. The lowest BCUT2D eigenvalue weighted by atomic mass is 10.1. The molecule has 0 saturated carbocycles. The van der Waals surface area contributed by atoms with Gasteiger partial charge in [-0.1, -0.05) is 30.1 Å². The maximum absolute atomic E-state index is 6.10. The number of ether oxygens (including phenoxy) is 1. The summed E-state index contributed by atoms with van der Waals surface area (Å²) in [4.78, 5) is 4.28. The average Bonchev–Trinajstić information content (AvgIpc) is 2.44. The zero-order valence-electron chi connectivity index (χ0n) is 10.7. The van der Waals surface area contributed by atoms with Gasteiger partial charge in [0.2, 0.25) is 0 Å². The van der Waals surface area contributed by atoms with Gasteiger partial charge in [0.15, 0.2) is 0 Å². The van der Waals surface area contributed by atoms with E-state index in [-0.39, 0.29) is 6.04 Å². The zero-order chi connectivity index (χ0) is 14.7. The Bertz CT molecular complexity index is 605. The topological polar surface area (TPSA) is 48.1 Å². The monoisotopic (exact) mass is 374 g/mol. The molecule has 3 nitrogen and oxygen atoms in total. The van der Waals surface area contributed by atoms with E-state index in [1.54, 1.807) is 18.3 Å². The minimum atomic E-state index is -0.0604. The fourth-order valence-electron chi connectivity index (χ4n) is 1.59. The van der Waals surface area contributed by atoms with E-state index in [1.807, 2.05) is 19.1 Å². The molecular formula is C14H13BrCl2N2O. The Balaban J connectivity index is 2.20. The molecule has 0 aliphatic heterocycles. The zero-order valence-corrected chi connectivity index (χ0v) is 13.8. The third-order valence-electron chi connectivity index (χ3n) is 2.78. The van der Waals surface area contributed by atoms with Gasteiger partial charge < -0.3 is 10.5 Å². The first kappa shape index (κ1) is 15.6. The van der Waals surface area contributed by atoms with Crippen LogP contribution in [0.5, 0.6) is 11.5 Å². The highest BCUT2D eigenvalue weighted by Gasteiger charge is 2.09. The third-order valence-corrected chi connectivity index (χ3v) is 4.27. The van der Waals surface area contributed by atoms with Crippen molar-refractivity contribution in [2.45, 2.75) is 19.4 Å². The quantitative estimate of drug-likeness (QED) is 0.732. The Morgan fingerprint density at radius 3 is 2.65 bits per heavy atom. The van der Waals surface area contributed by atoms with Gasteiger partial charge in [-0.25, -0.2) is 0 Å². The summed E-state index contributed by atoms with van der Waals surface area (Å²) in [5.41, 5.74) is 6.74. The fraction of sp³-hybridized carbons (Fsp3) is 0.214. The van der Waals surface area contributed by atoms with Gasteiger partial charge in [0, 0.05) is 16.6 Å². The number of rotatable bonds is 4. The SMILES string of the molecule is CCC(N)c1ccc(Oc2cc(Cl)c(Br)cc2Cl)cn1. The molecule has 6 heteroatoms. The third kappa shape index (κ3) is 3.64. The van der Waals surface area contributed by atoms with Crippen LogP contribution in [0.2, 0.25) is 10.0 Å². The minimum Gasteiger partial charge on any atom is -0.454 e. The number of hydrogen-bond acceptors (Lipinski definition) is 3. The van der Waals surface area contributed by atoms with Crippen molar-refractivity contribution in [3.05, 3.63) is 50.7 Å². The van der Waals surface area contributed by atoms with Gasteiger partial charge >= 0.3 is 0 Å². The average molecular weight is 376 g/mol. The number of pyridine rings is 1. The van der Waals surface area contributed by atoms with E-state index in [2.05, 4.69) is 20.9 Å². The molecule has 1 heterocycles. The number of benzene rings is 1. The largest absolute Gasteiger partial charge is 0.454 e. The van der Waals surface area contributed by atoms with Crippen molar-refractivity contribution in [2.24, 2.45) is 5.73 Å². The van der Waals surface area contributed by atoms with Gasteiger partial charge in [0.05, 0.1) is 21.9 Å². The van der Waals surface area contributed by atoms with Crippen LogP contribution in [0, 0.1) is 0 Å². The Kier molecular flexibility index (Phi) is 5.27. The molecule has 1 unspecified atom stereocenters. The van der Waals surface area contributed by atoms with Crippen molar-refractivity contribution in [1.82, 2.24) is 4.98 Å². The fourth-order valence-corrected chi connectivity index (χ4v) is 2.42. The van der Waals surface area contributed by atoms with Crippen LogP contribution >= 0.6 is 39.1 Å². The van der Waals surface area contributed by atoms with E-state index >= 15 is 0 Å². The van der Waals surface area contributed by atoms with E-state index in [0.717, 1.165) is 16.6 Å². The number of aromatic nitrogens is 1. The van der Waals surface area contributed by atoms with Gasteiger partial charge in [0.1, 0.15) is 11.5 Å². The maximum atomic E-state index is 6.10. The first-order valence-corrected chi connectivity index (χ1v) is 7.60. The van der Waals surface area contributed by atoms with Crippen LogP contribution in [0.1, 0.15) is 25.1 Å². The van der Waals surface area contributed by atoms with E-state index in [1.165, 1.54) is 0 Å². The van der Waals surface area contributed by atoms with E-state index in [9.17, 15) is 0 Å². The molecule has 0 radical (unpaired) electrons. The van der Waals surface area contributed by atoms with Crippen molar-refractivity contribution in [1.29, 1.82) is 0 Å². The highest BCUT2D eigenvalue weighted by molar-refractivity contribution is 9.10.